The number of amides is 1. The number of carbonyl (C=O) groups excluding carboxylic acids is 1. The van der Waals surface area contributed by atoms with Crippen LogP contribution in [0.25, 0.3) is 0 Å². The van der Waals surface area contributed by atoms with E-state index in [1.54, 1.807) is 6.92 Å². The average molecular weight is 286 g/mol. The highest BCUT2D eigenvalue weighted by Gasteiger charge is 2.45. The second kappa shape index (κ2) is 5.96. The average Bonchev–Trinajstić information content (AvgIpc) is 2.25. The molecule has 0 unspecified atom stereocenters. The minimum absolute atomic E-state index is 0.0452. The Balaban J connectivity index is 2.82. The molecule has 0 atom stereocenters. The first-order chi connectivity index (χ1) is 8.58. The van der Waals surface area contributed by atoms with Gasteiger partial charge in [0.25, 0.3) is 0 Å². The number of rotatable bonds is 4. The molecule has 1 aliphatic carbocycles. The summed E-state index contributed by atoms with van der Waals surface area (Å²) in [5.74, 6) is 0.0452. The van der Waals surface area contributed by atoms with Crippen LogP contribution in [0.2, 0.25) is 18.1 Å². The van der Waals surface area contributed by atoms with Gasteiger partial charge in [-0.3, -0.25) is 4.79 Å². The molecule has 0 radical (unpaired) electrons. The largest absolute Gasteiger partial charge is 0.410 e. The number of carbonyl (C=O) groups is 1. The fourth-order valence-corrected chi connectivity index (χ4v) is 4.16. The highest BCUT2D eigenvalue weighted by molar-refractivity contribution is 6.74. The van der Waals surface area contributed by atoms with E-state index in [1.165, 1.54) is 19.3 Å². The van der Waals surface area contributed by atoms with Gasteiger partial charge in [-0.25, -0.2) is 0 Å². The van der Waals surface area contributed by atoms with Crippen molar-refractivity contribution in [2.24, 2.45) is 0 Å². The van der Waals surface area contributed by atoms with Gasteiger partial charge in [0.05, 0.1) is 5.60 Å². The van der Waals surface area contributed by atoms with Crippen molar-refractivity contribution in [2.75, 3.05) is 6.54 Å². The fourth-order valence-electron chi connectivity index (χ4n) is 2.49. The zero-order chi connectivity index (χ0) is 14.7. The van der Waals surface area contributed by atoms with Gasteiger partial charge in [0.15, 0.2) is 8.32 Å². The van der Waals surface area contributed by atoms with E-state index in [0.717, 1.165) is 12.8 Å². The molecule has 1 N–H and O–H groups in total. The summed E-state index contributed by atoms with van der Waals surface area (Å²) in [5, 5.41) is 3.20. The molecular weight excluding hydrogens is 254 g/mol. The lowest BCUT2D eigenvalue weighted by Crippen LogP contribution is -2.55. The Hall–Kier alpha value is -0.353. The Morgan fingerprint density at radius 1 is 1.21 bits per heavy atom. The van der Waals surface area contributed by atoms with Gasteiger partial charge < -0.3 is 9.74 Å². The van der Waals surface area contributed by atoms with Gasteiger partial charge in [0.1, 0.15) is 0 Å². The van der Waals surface area contributed by atoms with Crippen LogP contribution in [0, 0.1) is 0 Å². The van der Waals surface area contributed by atoms with Gasteiger partial charge in [0, 0.05) is 13.5 Å². The number of nitrogens with one attached hydrogen (secondary N) is 1. The maximum absolute atomic E-state index is 11.2. The molecule has 1 rings (SSSR count). The Kier molecular flexibility index (Phi) is 5.24. The van der Waals surface area contributed by atoms with Gasteiger partial charge in [-0.05, 0) is 31.0 Å². The molecule has 0 heterocycles. The van der Waals surface area contributed by atoms with Crippen LogP contribution in [0.3, 0.4) is 0 Å². The topological polar surface area (TPSA) is 38.3 Å². The molecule has 1 fully saturated rings. The monoisotopic (exact) mass is 285 g/mol. The lowest BCUT2D eigenvalue weighted by molar-refractivity contribution is -0.120. The number of hydrogen-bond donors (Lipinski definition) is 1. The molecule has 19 heavy (non-hydrogen) atoms. The third-order valence-electron chi connectivity index (χ3n) is 4.70. The molecule has 0 spiro atoms. The van der Waals surface area contributed by atoms with Crippen molar-refractivity contribution in [1.82, 2.24) is 5.32 Å². The summed E-state index contributed by atoms with van der Waals surface area (Å²) < 4.78 is 6.71. The van der Waals surface area contributed by atoms with Crippen LogP contribution in [0.4, 0.5) is 0 Å². The molecule has 0 aromatic rings. The third kappa shape index (κ3) is 4.60. The van der Waals surface area contributed by atoms with Gasteiger partial charge >= 0.3 is 0 Å². The predicted molar refractivity (Wildman–Crippen MR) is 82.8 cm³/mol. The van der Waals surface area contributed by atoms with Crippen molar-refractivity contribution in [3.63, 3.8) is 0 Å². The van der Waals surface area contributed by atoms with Gasteiger partial charge in [-0.15, -0.1) is 0 Å². The standard InChI is InChI=1S/C15H31NO2Si/c1-13(17)16-12-15(10-8-7-9-11-15)18-19(5,6)14(2,3)4/h7-12H2,1-6H3,(H,16,17). The van der Waals surface area contributed by atoms with Gasteiger partial charge in [0.2, 0.25) is 5.91 Å². The van der Waals surface area contributed by atoms with E-state index in [-0.39, 0.29) is 16.5 Å². The molecule has 1 saturated carbocycles. The first-order valence-electron chi connectivity index (χ1n) is 7.53. The lowest BCUT2D eigenvalue weighted by Gasteiger charge is -2.47. The Morgan fingerprint density at radius 2 is 1.74 bits per heavy atom. The Labute approximate surface area is 119 Å². The van der Waals surface area contributed by atoms with Crippen LogP contribution in [-0.4, -0.2) is 26.4 Å². The first kappa shape index (κ1) is 16.7. The molecule has 0 bridgehead atoms. The Bertz CT molecular complexity index is 315. The summed E-state index contributed by atoms with van der Waals surface area (Å²) in [7, 11) is -1.79. The van der Waals surface area contributed by atoms with E-state index in [0.29, 0.717) is 6.54 Å². The minimum Gasteiger partial charge on any atom is -0.410 e. The highest BCUT2D eigenvalue weighted by atomic mass is 28.4. The van der Waals surface area contributed by atoms with E-state index >= 15 is 0 Å². The maximum atomic E-state index is 11.2. The van der Waals surface area contributed by atoms with Crippen molar-refractivity contribution in [3.8, 4) is 0 Å². The second-order valence-corrected chi connectivity index (χ2v) is 12.2. The SMILES string of the molecule is CC(=O)NCC1(O[Si](C)(C)C(C)(C)C)CCCCC1. The highest BCUT2D eigenvalue weighted by Crippen LogP contribution is 2.42. The molecule has 112 valence electrons. The third-order valence-corrected chi connectivity index (χ3v) is 9.26. The normalized spacial score (nSPS) is 20.1. The van der Waals surface area contributed by atoms with Crippen molar-refractivity contribution >= 4 is 14.2 Å². The summed E-state index contributed by atoms with van der Waals surface area (Å²) in [4.78, 5) is 11.2. The van der Waals surface area contributed by atoms with E-state index in [9.17, 15) is 4.79 Å². The zero-order valence-corrected chi connectivity index (χ0v) is 14.6. The smallest absolute Gasteiger partial charge is 0.216 e. The maximum Gasteiger partial charge on any atom is 0.216 e. The van der Waals surface area contributed by atoms with Crippen LogP contribution in [0.15, 0.2) is 0 Å². The van der Waals surface area contributed by atoms with Crippen molar-refractivity contribution in [1.29, 1.82) is 0 Å². The summed E-state index contributed by atoms with van der Waals surface area (Å²) in [6.07, 6.45) is 5.89. The molecule has 4 heteroatoms. The Morgan fingerprint density at radius 3 is 2.16 bits per heavy atom. The molecule has 0 aromatic heterocycles. The molecule has 1 amide bonds. The minimum atomic E-state index is -1.79. The fraction of sp³-hybridized carbons (Fsp3) is 0.933. The molecule has 3 nitrogen and oxygen atoms in total. The summed E-state index contributed by atoms with van der Waals surface area (Å²) in [6, 6.07) is 0. The molecule has 1 aliphatic rings. The van der Waals surface area contributed by atoms with E-state index in [4.69, 9.17) is 4.43 Å². The van der Waals surface area contributed by atoms with Crippen LogP contribution in [-0.2, 0) is 9.22 Å². The zero-order valence-electron chi connectivity index (χ0n) is 13.6. The number of hydrogen-bond acceptors (Lipinski definition) is 2. The van der Waals surface area contributed by atoms with Crippen LogP contribution in [0.5, 0.6) is 0 Å². The summed E-state index contributed by atoms with van der Waals surface area (Å²) in [5.41, 5.74) is -0.118. The molecule has 0 aromatic carbocycles. The molecular formula is C15H31NO2Si. The van der Waals surface area contributed by atoms with Crippen LogP contribution < -0.4 is 5.32 Å². The van der Waals surface area contributed by atoms with Crippen molar-refractivity contribution < 1.29 is 9.22 Å². The predicted octanol–water partition coefficient (Wildman–Crippen LogP) is 3.85. The van der Waals surface area contributed by atoms with Crippen LogP contribution in [0.1, 0.15) is 59.8 Å². The first-order valence-corrected chi connectivity index (χ1v) is 10.4. The summed E-state index contributed by atoms with van der Waals surface area (Å²) >= 11 is 0. The van der Waals surface area contributed by atoms with Gasteiger partial charge in [-0.2, -0.15) is 0 Å². The van der Waals surface area contributed by atoms with E-state index < -0.39 is 8.32 Å². The van der Waals surface area contributed by atoms with E-state index in [1.807, 2.05) is 0 Å². The lowest BCUT2D eigenvalue weighted by atomic mass is 9.85. The van der Waals surface area contributed by atoms with Gasteiger partial charge in [-0.1, -0.05) is 40.0 Å². The van der Waals surface area contributed by atoms with Crippen LogP contribution >= 0.6 is 0 Å². The van der Waals surface area contributed by atoms with Crippen molar-refractivity contribution in [3.05, 3.63) is 0 Å². The van der Waals surface area contributed by atoms with E-state index in [2.05, 4.69) is 39.2 Å². The second-order valence-electron chi connectivity index (χ2n) is 7.52. The quantitative estimate of drug-likeness (QED) is 0.797. The summed E-state index contributed by atoms with van der Waals surface area (Å²) in [6.45, 7) is 13.7. The molecule has 0 aliphatic heterocycles. The molecule has 0 saturated heterocycles. The van der Waals surface area contributed by atoms with Crippen molar-refractivity contribution in [2.45, 2.75) is 83.5 Å².